The Balaban J connectivity index is 1.90. The number of benzene rings is 1. The average molecular weight is 389 g/mol. The van der Waals surface area contributed by atoms with E-state index in [1.807, 2.05) is 0 Å². The van der Waals surface area contributed by atoms with Crippen molar-refractivity contribution in [1.82, 2.24) is 4.98 Å². The number of hydrogen-bond acceptors (Lipinski definition) is 8. The van der Waals surface area contributed by atoms with E-state index in [1.165, 1.54) is 25.3 Å². The highest BCUT2D eigenvalue weighted by molar-refractivity contribution is 8.38. The van der Waals surface area contributed by atoms with Crippen LogP contribution in [0, 0.1) is 10.1 Å². The Hall–Kier alpha value is -2.39. The Morgan fingerprint density at radius 2 is 2.27 bits per heavy atom. The number of thioether (sulfide) groups is 2. The van der Waals surface area contributed by atoms with Gasteiger partial charge in [0.05, 0.1) is 11.5 Å². The molecule has 9 heteroatoms. The minimum atomic E-state index is -0.537. The van der Waals surface area contributed by atoms with E-state index in [4.69, 9.17) is 4.74 Å². The summed E-state index contributed by atoms with van der Waals surface area (Å²) in [6, 6.07) is 7.86. The molecule has 0 aliphatic carbocycles. The number of ketones is 1. The molecule has 1 aromatic heterocycles. The fourth-order valence-electron chi connectivity index (χ4n) is 2.26. The van der Waals surface area contributed by atoms with Crippen molar-refractivity contribution < 1.29 is 14.5 Å². The molecule has 1 aromatic carbocycles. The molecule has 0 unspecified atom stereocenters. The fraction of sp³-hybridized carbons (Fsp3) is 0.235. The summed E-state index contributed by atoms with van der Waals surface area (Å²) >= 11 is 3.25. The molecule has 0 fully saturated rings. The molecule has 0 saturated carbocycles. The summed E-state index contributed by atoms with van der Waals surface area (Å²) < 4.78 is 6.72. The molecule has 0 radical (unpaired) electrons. The van der Waals surface area contributed by atoms with E-state index in [1.54, 1.807) is 41.7 Å². The van der Waals surface area contributed by atoms with Gasteiger partial charge in [-0.1, -0.05) is 23.5 Å². The smallest absolute Gasteiger partial charge is 0.331 e. The van der Waals surface area contributed by atoms with E-state index < -0.39 is 4.92 Å². The maximum Gasteiger partial charge on any atom is 0.331 e. The van der Waals surface area contributed by atoms with Crippen LogP contribution in [0.25, 0.3) is 0 Å². The maximum atomic E-state index is 11.7. The lowest BCUT2D eigenvalue weighted by Crippen LogP contribution is -2.00. The lowest BCUT2D eigenvalue weighted by atomic mass is 10.1. The molecule has 26 heavy (non-hydrogen) atoms. The molecular formula is C17H15N3O4S2. The van der Waals surface area contributed by atoms with E-state index in [9.17, 15) is 14.9 Å². The fourth-order valence-corrected chi connectivity index (χ4v) is 4.24. The Bertz CT molecular complexity index is 886. The van der Waals surface area contributed by atoms with Crippen LogP contribution in [0.1, 0.15) is 22.8 Å². The second-order valence-corrected chi connectivity index (χ2v) is 7.66. The van der Waals surface area contributed by atoms with Gasteiger partial charge in [0, 0.05) is 34.9 Å². The number of carbonyl (C=O) groups is 1. The van der Waals surface area contributed by atoms with Gasteiger partial charge in [0.15, 0.2) is 5.78 Å². The number of carbonyl (C=O) groups excluding carboxylic acids is 1. The van der Waals surface area contributed by atoms with Crippen LogP contribution in [0.15, 0.2) is 41.5 Å². The first kappa shape index (κ1) is 18.4. The van der Waals surface area contributed by atoms with Gasteiger partial charge in [-0.05, 0) is 31.2 Å². The molecule has 2 aromatic rings. The van der Waals surface area contributed by atoms with Gasteiger partial charge in [0.25, 0.3) is 5.88 Å². The number of hydrogen-bond donors (Lipinski definition) is 0. The van der Waals surface area contributed by atoms with Crippen LogP contribution in [0.4, 0.5) is 5.69 Å². The summed E-state index contributed by atoms with van der Waals surface area (Å²) in [6.45, 7) is 2.30. The van der Waals surface area contributed by atoms with Crippen molar-refractivity contribution in [3.05, 3.63) is 57.8 Å². The highest BCUT2D eigenvalue weighted by Gasteiger charge is 2.19. The predicted octanol–water partition coefficient (Wildman–Crippen LogP) is 4.32. The Labute approximate surface area is 158 Å². The second-order valence-electron chi connectivity index (χ2n) is 5.35. The van der Waals surface area contributed by atoms with Crippen molar-refractivity contribution in [2.75, 3.05) is 12.3 Å². The Morgan fingerprint density at radius 3 is 2.96 bits per heavy atom. The van der Waals surface area contributed by atoms with Crippen molar-refractivity contribution in [3.8, 4) is 11.6 Å². The molecule has 0 saturated heterocycles. The largest absolute Gasteiger partial charge is 0.433 e. The molecule has 1 aliphatic heterocycles. The first-order valence-corrected chi connectivity index (χ1v) is 9.73. The van der Waals surface area contributed by atoms with Gasteiger partial charge >= 0.3 is 5.69 Å². The van der Waals surface area contributed by atoms with Crippen LogP contribution in [0.3, 0.4) is 0 Å². The van der Waals surface area contributed by atoms with E-state index in [2.05, 4.69) is 9.98 Å². The summed E-state index contributed by atoms with van der Waals surface area (Å²) in [5.74, 6) is 1.82. The zero-order valence-corrected chi connectivity index (χ0v) is 15.5. The summed E-state index contributed by atoms with van der Waals surface area (Å²) in [4.78, 5) is 30.7. The number of pyridine rings is 1. The van der Waals surface area contributed by atoms with Crippen LogP contribution in [-0.4, -0.2) is 32.4 Å². The van der Waals surface area contributed by atoms with Crippen LogP contribution >= 0.6 is 23.5 Å². The molecule has 134 valence electrons. The highest BCUT2D eigenvalue weighted by Crippen LogP contribution is 2.34. The molecule has 0 N–H and O–H groups in total. The van der Waals surface area contributed by atoms with Crippen molar-refractivity contribution >= 4 is 39.4 Å². The maximum absolute atomic E-state index is 11.7. The van der Waals surface area contributed by atoms with Gasteiger partial charge in [0.2, 0.25) is 0 Å². The van der Waals surface area contributed by atoms with Crippen molar-refractivity contribution in [3.63, 3.8) is 0 Å². The molecule has 0 bridgehead atoms. The van der Waals surface area contributed by atoms with Crippen molar-refractivity contribution in [2.24, 2.45) is 4.99 Å². The van der Waals surface area contributed by atoms with E-state index in [0.717, 1.165) is 22.2 Å². The van der Waals surface area contributed by atoms with Crippen molar-refractivity contribution in [1.29, 1.82) is 0 Å². The Kier molecular flexibility index (Phi) is 5.89. The molecule has 7 nitrogen and oxygen atoms in total. The van der Waals surface area contributed by atoms with E-state index >= 15 is 0 Å². The molecule has 2 heterocycles. The van der Waals surface area contributed by atoms with Gasteiger partial charge in [-0.2, -0.15) is 0 Å². The summed E-state index contributed by atoms with van der Waals surface area (Å²) in [6.07, 6.45) is 1.44. The predicted molar refractivity (Wildman–Crippen MR) is 103 cm³/mol. The van der Waals surface area contributed by atoms with Gasteiger partial charge in [-0.15, -0.1) is 0 Å². The Morgan fingerprint density at radius 1 is 1.42 bits per heavy atom. The monoisotopic (exact) mass is 389 g/mol. The third-order valence-corrected chi connectivity index (χ3v) is 5.83. The summed E-state index contributed by atoms with van der Waals surface area (Å²) in [5, 5.41) is 11.2. The van der Waals surface area contributed by atoms with Crippen LogP contribution < -0.4 is 4.74 Å². The topological polar surface area (TPSA) is 94.7 Å². The number of aliphatic imine (C=N–C) groups is 1. The molecule has 3 rings (SSSR count). The lowest BCUT2D eigenvalue weighted by molar-refractivity contribution is -0.386. The number of Topliss-reactive ketones (excluding diaryl/α,β-unsaturated/α-hetero) is 1. The average Bonchev–Trinajstić information content (AvgIpc) is 3.14. The second kappa shape index (κ2) is 8.33. The number of nitrogens with zero attached hydrogens (tertiary/aromatic N) is 3. The molecule has 0 spiro atoms. The van der Waals surface area contributed by atoms with Gasteiger partial charge in [0.1, 0.15) is 10.1 Å². The molecule has 0 amide bonds. The summed E-state index contributed by atoms with van der Waals surface area (Å²) in [5.41, 5.74) is 1.11. The minimum Gasteiger partial charge on any atom is -0.433 e. The first-order chi connectivity index (χ1) is 12.5. The van der Waals surface area contributed by atoms with E-state index in [0.29, 0.717) is 17.1 Å². The normalized spacial score (nSPS) is 13.3. The van der Waals surface area contributed by atoms with E-state index in [-0.39, 0.29) is 17.4 Å². The molecule has 0 atom stereocenters. The van der Waals surface area contributed by atoms with Crippen LogP contribution in [0.2, 0.25) is 0 Å². The first-order valence-electron chi connectivity index (χ1n) is 7.76. The van der Waals surface area contributed by atoms with Gasteiger partial charge in [-0.3, -0.25) is 19.9 Å². The zero-order chi connectivity index (χ0) is 18.5. The van der Waals surface area contributed by atoms with Crippen LogP contribution in [-0.2, 0) is 5.75 Å². The summed E-state index contributed by atoms with van der Waals surface area (Å²) in [7, 11) is 0. The minimum absolute atomic E-state index is 0.0563. The standard InChI is InChI=1S/C17H15N3O4S2/c1-11(21)12-4-5-15(13(9-12)10-26-17-19-7-8-25-17)24-16-14(20(22)23)3-2-6-18-16/h2-6,9H,7-8,10H2,1H3. The number of aromatic nitrogens is 1. The highest BCUT2D eigenvalue weighted by atomic mass is 32.2. The van der Waals surface area contributed by atoms with Gasteiger partial charge in [-0.25, -0.2) is 4.98 Å². The SMILES string of the molecule is CC(=O)c1ccc(Oc2ncccc2[N+](=O)[O-])c(CSC2=NCCS2)c1. The quantitative estimate of drug-likeness (QED) is 0.412. The third-order valence-electron chi connectivity index (χ3n) is 3.53. The third kappa shape index (κ3) is 4.41. The zero-order valence-electron chi connectivity index (χ0n) is 13.9. The van der Waals surface area contributed by atoms with Gasteiger partial charge < -0.3 is 4.74 Å². The number of rotatable bonds is 6. The number of nitro groups is 1. The number of ether oxygens (including phenoxy) is 1. The molecular weight excluding hydrogens is 374 g/mol. The molecule has 1 aliphatic rings. The van der Waals surface area contributed by atoms with Crippen LogP contribution in [0.5, 0.6) is 11.6 Å². The lowest BCUT2D eigenvalue weighted by Gasteiger charge is -2.11. The van der Waals surface area contributed by atoms with Crippen molar-refractivity contribution in [2.45, 2.75) is 12.7 Å².